The van der Waals surface area contributed by atoms with Crippen LogP contribution in [0.3, 0.4) is 0 Å². The molecule has 106 valence electrons. The molecule has 0 aliphatic carbocycles. The molecule has 1 heterocycles. The minimum Gasteiger partial charge on any atom is -0.494 e. The number of aromatic nitrogens is 2. The fraction of sp³-hybridized carbons (Fsp3) is 0.286. The number of anilines is 1. The molecule has 1 amide bonds. The number of carbonyl (C=O) groups excluding carboxylic acids is 1. The maximum Gasteiger partial charge on any atom is 0.273 e. The summed E-state index contributed by atoms with van der Waals surface area (Å²) < 4.78 is 7.06. The standard InChI is InChI=1S/C14H16BrN3O2/c1-3-20-13-5-4-11(8-10(13)9-15)17-14(19)12-6-7-16-18(12)2/h4-8H,3,9H2,1-2H3,(H,17,19). The van der Waals surface area contributed by atoms with Gasteiger partial charge in [0.15, 0.2) is 0 Å². The number of carbonyl (C=O) groups is 1. The molecule has 0 aliphatic heterocycles. The predicted octanol–water partition coefficient (Wildman–Crippen LogP) is 2.97. The van der Waals surface area contributed by atoms with E-state index in [0.29, 0.717) is 17.6 Å². The summed E-state index contributed by atoms with van der Waals surface area (Å²) >= 11 is 3.42. The van der Waals surface area contributed by atoms with Gasteiger partial charge in [-0.05, 0) is 31.2 Å². The number of nitrogens with zero attached hydrogens (tertiary/aromatic N) is 2. The smallest absolute Gasteiger partial charge is 0.273 e. The highest BCUT2D eigenvalue weighted by molar-refractivity contribution is 9.08. The third-order valence-electron chi connectivity index (χ3n) is 2.82. The number of amides is 1. The van der Waals surface area contributed by atoms with Crippen molar-refractivity contribution in [3.05, 3.63) is 41.7 Å². The van der Waals surface area contributed by atoms with Gasteiger partial charge >= 0.3 is 0 Å². The molecule has 5 nitrogen and oxygen atoms in total. The maximum atomic E-state index is 12.1. The van der Waals surface area contributed by atoms with E-state index in [-0.39, 0.29) is 5.91 Å². The molecule has 0 saturated heterocycles. The van der Waals surface area contributed by atoms with Crippen molar-refractivity contribution >= 4 is 27.5 Å². The molecule has 1 N–H and O–H groups in total. The largest absolute Gasteiger partial charge is 0.494 e. The molecule has 20 heavy (non-hydrogen) atoms. The lowest BCUT2D eigenvalue weighted by atomic mass is 10.2. The summed E-state index contributed by atoms with van der Waals surface area (Å²) in [6, 6.07) is 7.26. The van der Waals surface area contributed by atoms with Gasteiger partial charge in [-0.25, -0.2) is 0 Å². The molecular formula is C14H16BrN3O2. The van der Waals surface area contributed by atoms with Crippen LogP contribution in [-0.2, 0) is 12.4 Å². The lowest BCUT2D eigenvalue weighted by Crippen LogP contribution is -2.16. The molecule has 0 unspecified atom stereocenters. The van der Waals surface area contributed by atoms with Gasteiger partial charge in [0.05, 0.1) is 6.61 Å². The minimum atomic E-state index is -0.185. The van der Waals surface area contributed by atoms with Crippen molar-refractivity contribution < 1.29 is 9.53 Å². The molecular weight excluding hydrogens is 322 g/mol. The lowest BCUT2D eigenvalue weighted by molar-refractivity contribution is 0.101. The van der Waals surface area contributed by atoms with Crippen LogP contribution >= 0.6 is 15.9 Å². The third kappa shape index (κ3) is 3.19. The van der Waals surface area contributed by atoms with Gasteiger partial charge in [-0.1, -0.05) is 15.9 Å². The van der Waals surface area contributed by atoms with E-state index in [9.17, 15) is 4.79 Å². The molecule has 0 aliphatic rings. The van der Waals surface area contributed by atoms with Crippen LogP contribution in [-0.4, -0.2) is 22.3 Å². The van der Waals surface area contributed by atoms with Crippen molar-refractivity contribution in [1.29, 1.82) is 0 Å². The van der Waals surface area contributed by atoms with E-state index in [2.05, 4.69) is 26.3 Å². The Balaban J connectivity index is 2.18. The number of rotatable bonds is 5. The van der Waals surface area contributed by atoms with Gasteiger partial charge < -0.3 is 10.1 Å². The van der Waals surface area contributed by atoms with E-state index >= 15 is 0 Å². The molecule has 2 aromatic rings. The summed E-state index contributed by atoms with van der Waals surface area (Å²) in [7, 11) is 1.73. The van der Waals surface area contributed by atoms with Gasteiger partial charge in [-0.15, -0.1) is 0 Å². The Bertz CT molecular complexity index is 610. The number of aryl methyl sites for hydroxylation is 1. The molecule has 0 radical (unpaired) electrons. The van der Waals surface area contributed by atoms with E-state index < -0.39 is 0 Å². The van der Waals surface area contributed by atoms with Crippen LogP contribution in [0.1, 0.15) is 23.0 Å². The Hall–Kier alpha value is -1.82. The molecule has 0 atom stereocenters. The van der Waals surface area contributed by atoms with Crippen molar-refractivity contribution in [3.63, 3.8) is 0 Å². The highest BCUT2D eigenvalue weighted by Crippen LogP contribution is 2.25. The zero-order valence-electron chi connectivity index (χ0n) is 11.4. The first-order chi connectivity index (χ1) is 9.65. The summed E-state index contributed by atoms with van der Waals surface area (Å²) in [5.41, 5.74) is 2.24. The van der Waals surface area contributed by atoms with Crippen LogP contribution in [0.4, 0.5) is 5.69 Å². The first kappa shape index (κ1) is 14.6. The first-order valence-electron chi connectivity index (χ1n) is 6.26. The highest BCUT2D eigenvalue weighted by atomic mass is 79.9. The molecule has 0 fully saturated rings. The van der Waals surface area contributed by atoms with E-state index in [1.807, 2.05) is 25.1 Å². The van der Waals surface area contributed by atoms with Crippen LogP contribution in [0.15, 0.2) is 30.5 Å². The number of halogens is 1. The Morgan fingerprint density at radius 3 is 2.85 bits per heavy atom. The van der Waals surface area contributed by atoms with Gasteiger partial charge in [-0.2, -0.15) is 5.10 Å². The van der Waals surface area contributed by atoms with Crippen LogP contribution < -0.4 is 10.1 Å². The summed E-state index contributed by atoms with van der Waals surface area (Å²) in [6.07, 6.45) is 1.59. The van der Waals surface area contributed by atoms with Crippen LogP contribution in [0.5, 0.6) is 5.75 Å². The second-order valence-corrected chi connectivity index (χ2v) is 4.74. The summed E-state index contributed by atoms with van der Waals surface area (Å²) in [5.74, 6) is 0.637. The number of hydrogen-bond donors (Lipinski definition) is 1. The zero-order chi connectivity index (χ0) is 14.5. The molecule has 0 spiro atoms. The third-order valence-corrected chi connectivity index (χ3v) is 3.42. The summed E-state index contributed by atoms with van der Waals surface area (Å²) in [4.78, 5) is 12.1. The Labute approximate surface area is 126 Å². The normalized spacial score (nSPS) is 10.3. The number of alkyl halides is 1. The van der Waals surface area contributed by atoms with E-state index in [1.54, 1.807) is 19.3 Å². The van der Waals surface area contributed by atoms with Crippen molar-refractivity contribution in [2.45, 2.75) is 12.3 Å². The topological polar surface area (TPSA) is 56.1 Å². The quantitative estimate of drug-likeness (QED) is 0.853. The second-order valence-electron chi connectivity index (χ2n) is 4.18. The van der Waals surface area contributed by atoms with E-state index in [0.717, 1.165) is 17.0 Å². The van der Waals surface area contributed by atoms with Crippen molar-refractivity contribution in [3.8, 4) is 5.75 Å². The van der Waals surface area contributed by atoms with Gasteiger partial charge in [0.25, 0.3) is 5.91 Å². The highest BCUT2D eigenvalue weighted by Gasteiger charge is 2.11. The number of ether oxygens (including phenoxy) is 1. The van der Waals surface area contributed by atoms with Gasteiger partial charge in [-0.3, -0.25) is 9.48 Å². The summed E-state index contributed by atoms with van der Waals surface area (Å²) in [5, 5.41) is 7.50. The Morgan fingerprint density at radius 1 is 1.45 bits per heavy atom. The average Bonchev–Trinajstić information content (AvgIpc) is 2.87. The average molecular weight is 338 g/mol. The molecule has 0 saturated carbocycles. The van der Waals surface area contributed by atoms with E-state index in [4.69, 9.17) is 4.74 Å². The molecule has 6 heteroatoms. The fourth-order valence-electron chi connectivity index (χ4n) is 1.85. The van der Waals surface area contributed by atoms with Crippen LogP contribution in [0.25, 0.3) is 0 Å². The van der Waals surface area contributed by atoms with Gasteiger partial charge in [0.1, 0.15) is 11.4 Å². The minimum absolute atomic E-state index is 0.185. The molecule has 0 bridgehead atoms. The van der Waals surface area contributed by atoms with Crippen molar-refractivity contribution in [1.82, 2.24) is 9.78 Å². The van der Waals surface area contributed by atoms with Crippen molar-refractivity contribution in [2.24, 2.45) is 7.05 Å². The predicted molar refractivity (Wildman–Crippen MR) is 81.4 cm³/mol. The fourth-order valence-corrected chi connectivity index (χ4v) is 2.29. The monoisotopic (exact) mass is 337 g/mol. The molecule has 1 aromatic heterocycles. The lowest BCUT2D eigenvalue weighted by Gasteiger charge is -2.11. The van der Waals surface area contributed by atoms with Gasteiger partial charge in [0, 0.05) is 29.8 Å². The number of benzene rings is 1. The zero-order valence-corrected chi connectivity index (χ0v) is 13.0. The first-order valence-corrected chi connectivity index (χ1v) is 7.39. The summed E-state index contributed by atoms with van der Waals surface area (Å²) in [6.45, 7) is 2.55. The maximum absolute atomic E-state index is 12.1. The van der Waals surface area contributed by atoms with Crippen LogP contribution in [0, 0.1) is 0 Å². The van der Waals surface area contributed by atoms with E-state index in [1.165, 1.54) is 4.68 Å². The van der Waals surface area contributed by atoms with Crippen LogP contribution in [0.2, 0.25) is 0 Å². The van der Waals surface area contributed by atoms with Gasteiger partial charge in [0.2, 0.25) is 0 Å². The second kappa shape index (κ2) is 6.56. The SMILES string of the molecule is CCOc1ccc(NC(=O)c2ccnn2C)cc1CBr. The Kier molecular flexibility index (Phi) is 4.79. The molecule has 1 aromatic carbocycles. The van der Waals surface area contributed by atoms with Crippen molar-refractivity contribution in [2.75, 3.05) is 11.9 Å². The molecule has 2 rings (SSSR count). The number of hydrogen-bond acceptors (Lipinski definition) is 3. The Morgan fingerprint density at radius 2 is 2.25 bits per heavy atom. The number of nitrogens with one attached hydrogen (secondary N) is 1.